The maximum absolute atomic E-state index is 12.6. The Bertz CT molecular complexity index is 477. The van der Waals surface area contributed by atoms with Gasteiger partial charge in [-0.15, -0.1) is 0 Å². The molecule has 1 saturated carbocycles. The maximum atomic E-state index is 12.6. The molecule has 0 N–H and O–H groups in total. The van der Waals surface area contributed by atoms with Crippen molar-refractivity contribution in [3.63, 3.8) is 0 Å². The van der Waals surface area contributed by atoms with Crippen molar-refractivity contribution >= 4 is 17.7 Å². The van der Waals surface area contributed by atoms with E-state index in [1.54, 1.807) is 0 Å². The third-order valence-electron chi connectivity index (χ3n) is 5.10. The molecular formula is C16H22O5. The van der Waals surface area contributed by atoms with E-state index in [2.05, 4.69) is 13.0 Å². The number of Topliss-reactive ketones (excluding diaryl/α,β-unsaturated/α-hetero) is 1. The molecule has 4 atom stereocenters. The first-order valence-corrected chi connectivity index (χ1v) is 7.25. The Labute approximate surface area is 124 Å². The first-order chi connectivity index (χ1) is 9.87. The summed E-state index contributed by atoms with van der Waals surface area (Å²) in [6.07, 6.45) is 4.17. The first-order valence-electron chi connectivity index (χ1n) is 7.25. The Morgan fingerprint density at radius 1 is 1.14 bits per heavy atom. The average molecular weight is 294 g/mol. The summed E-state index contributed by atoms with van der Waals surface area (Å²) >= 11 is 0. The number of rotatable bonds is 2. The number of allylic oxidation sites excluding steroid dienone is 2. The smallest absolute Gasteiger partial charge is 0.323 e. The van der Waals surface area contributed by atoms with Crippen molar-refractivity contribution in [2.75, 3.05) is 14.2 Å². The number of ketones is 1. The van der Waals surface area contributed by atoms with Crippen LogP contribution >= 0.6 is 0 Å². The quantitative estimate of drug-likeness (QED) is 0.441. The third kappa shape index (κ3) is 2.39. The van der Waals surface area contributed by atoms with Crippen LogP contribution in [0.1, 0.15) is 26.7 Å². The van der Waals surface area contributed by atoms with Crippen molar-refractivity contribution < 1.29 is 23.9 Å². The van der Waals surface area contributed by atoms with E-state index in [1.165, 1.54) is 14.2 Å². The molecule has 0 heterocycles. The minimum absolute atomic E-state index is 0.0502. The molecule has 0 aliphatic heterocycles. The molecule has 116 valence electrons. The molecule has 0 bridgehead atoms. The van der Waals surface area contributed by atoms with Gasteiger partial charge in [-0.3, -0.25) is 14.4 Å². The molecule has 5 nitrogen and oxygen atoms in total. The van der Waals surface area contributed by atoms with Crippen LogP contribution in [-0.2, 0) is 23.9 Å². The van der Waals surface area contributed by atoms with E-state index in [4.69, 9.17) is 9.47 Å². The highest BCUT2D eigenvalue weighted by Gasteiger charge is 2.57. The molecule has 0 aromatic rings. The molecule has 2 aliphatic carbocycles. The molecule has 2 rings (SSSR count). The van der Waals surface area contributed by atoms with Crippen LogP contribution in [0.3, 0.4) is 0 Å². The summed E-state index contributed by atoms with van der Waals surface area (Å²) < 4.78 is 9.55. The summed E-state index contributed by atoms with van der Waals surface area (Å²) in [5.41, 5.74) is -1.49. The lowest BCUT2D eigenvalue weighted by atomic mass is 9.58. The number of fused-ring (bicyclic) bond motifs is 1. The van der Waals surface area contributed by atoms with E-state index < -0.39 is 17.4 Å². The number of carbonyl (C=O) groups is 3. The molecule has 0 unspecified atom stereocenters. The van der Waals surface area contributed by atoms with Gasteiger partial charge >= 0.3 is 11.9 Å². The van der Waals surface area contributed by atoms with Gasteiger partial charge in [0.05, 0.1) is 14.2 Å². The summed E-state index contributed by atoms with van der Waals surface area (Å²) in [5.74, 6) is -1.13. The monoisotopic (exact) mass is 294 g/mol. The van der Waals surface area contributed by atoms with Crippen molar-refractivity contribution in [2.24, 2.45) is 29.1 Å². The van der Waals surface area contributed by atoms with E-state index in [9.17, 15) is 14.4 Å². The normalized spacial score (nSPS) is 34.0. The zero-order valence-corrected chi connectivity index (χ0v) is 12.9. The van der Waals surface area contributed by atoms with Crippen LogP contribution in [0.25, 0.3) is 0 Å². The number of carbonyl (C=O) groups excluding carboxylic acids is 3. The van der Waals surface area contributed by atoms with Crippen molar-refractivity contribution in [2.45, 2.75) is 26.7 Å². The molecule has 0 radical (unpaired) electrons. The van der Waals surface area contributed by atoms with Gasteiger partial charge in [-0.05, 0) is 24.2 Å². The Morgan fingerprint density at radius 2 is 1.71 bits per heavy atom. The van der Waals surface area contributed by atoms with Crippen LogP contribution in [-0.4, -0.2) is 31.9 Å². The fraction of sp³-hybridized carbons (Fsp3) is 0.688. The highest BCUT2D eigenvalue weighted by Crippen LogP contribution is 2.48. The highest BCUT2D eigenvalue weighted by atomic mass is 16.5. The lowest BCUT2D eigenvalue weighted by Gasteiger charge is -2.44. The Kier molecular flexibility index (Phi) is 4.21. The predicted molar refractivity (Wildman–Crippen MR) is 75.2 cm³/mol. The second-order valence-electron chi connectivity index (χ2n) is 6.21. The van der Waals surface area contributed by atoms with E-state index in [1.807, 2.05) is 13.0 Å². The third-order valence-corrected chi connectivity index (χ3v) is 5.10. The second-order valence-corrected chi connectivity index (χ2v) is 6.21. The topological polar surface area (TPSA) is 69.7 Å². The standard InChI is InChI=1S/C16H22O5/c1-9-5-6-11-7-16(14(18)20-3,15(19)21-4)8-12(17)13(11)10(9)2/h5-6,9-11,13H,7-8H2,1-4H3/t9-,10-,11-,13+/m0/s1. The predicted octanol–water partition coefficient (Wildman–Crippen LogP) is 1.76. The molecule has 2 aliphatic rings. The van der Waals surface area contributed by atoms with Crippen molar-refractivity contribution in [3.05, 3.63) is 12.2 Å². The molecule has 0 amide bonds. The van der Waals surface area contributed by atoms with Crippen LogP contribution in [0.5, 0.6) is 0 Å². The fourth-order valence-corrected chi connectivity index (χ4v) is 3.73. The van der Waals surface area contributed by atoms with Gasteiger partial charge in [0.2, 0.25) is 0 Å². The zero-order valence-electron chi connectivity index (χ0n) is 12.9. The molecule has 5 heteroatoms. The number of methoxy groups -OCH3 is 2. The van der Waals surface area contributed by atoms with Crippen LogP contribution in [0.15, 0.2) is 12.2 Å². The molecule has 21 heavy (non-hydrogen) atoms. The lowest BCUT2D eigenvalue weighted by Crippen LogP contribution is -2.52. The highest BCUT2D eigenvalue weighted by molar-refractivity contribution is 6.05. The zero-order chi connectivity index (χ0) is 15.8. The SMILES string of the molecule is COC(=O)C1(C(=O)OC)CC(=O)[C@@H]2[C@@H](C)[C@@H](C)C=C[C@H]2C1. The number of hydrogen-bond donors (Lipinski definition) is 0. The van der Waals surface area contributed by atoms with Crippen LogP contribution in [0.4, 0.5) is 0 Å². The summed E-state index contributed by atoms with van der Waals surface area (Å²) in [6, 6.07) is 0. The summed E-state index contributed by atoms with van der Waals surface area (Å²) in [6.45, 7) is 4.13. The number of ether oxygens (including phenoxy) is 2. The lowest BCUT2D eigenvalue weighted by molar-refractivity contribution is -0.176. The summed E-state index contributed by atoms with van der Waals surface area (Å²) in [7, 11) is 2.45. The van der Waals surface area contributed by atoms with Crippen molar-refractivity contribution in [1.82, 2.24) is 0 Å². The first kappa shape index (κ1) is 15.7. The maximum Gasteiger partial charge on any atom is 0.323 e. The molecular weight excluding hydrogens is 272 g/mol. The van der Waals surface area contributed by atoms with E-state index in [-0.39, 0.29) is 36.4 Å². The van der Waals surface area contributed by atoms with Crippen LogP contribution < -0.4 is 0 Å². The van der Waals surface area contributed by atoms with Gasteiger partial charge in [0.1, 0.15) is 5.78 Å². The average Bonchev–Trinajstić information content (AvgIpc) is 2.48. The van der Waals surface area contributed by atoms with Gasteiger partial charge in [-0.25, -0.2) is 0 Å². The summed E-state index contributed by atoms with van der Waals surface area (Å²) in [4.78, 5) is 36.9. The van der Waals surface area contributed by atoms with Crippen LogP contribution in [0.2, 0.25) is 0 Å². The Hall–Kier alpha value is -1.65. The molecule has 0 spiro atoms. The van der Waals surface area contributed by atoms with Crippen molar-refractivity contribution in [3.8, 4) is 0 Å². The fourth-order valence-electron chi connectivity index (χ4n) is 3.73. The largest absolute Gasteiger partial charge is 0.468 e. The Morgan fingerprint density at radius 3 is 2.24 bits per heavy atom. The van der Waals surface area contributed by atoms with Crippen molar-refractivity contribution in [1.29, 1.82) is 0 Å². The number of hydrogen-bond acceptors (Lipinski definition) is 5. The minimum atomic E-state index is -1.49. The molecule has 0 aromatic heterocycles. The van der Waals surface area contributed by atoms with Gasteiger partial charge in [-0.1, -0.05) is 26.0 Å². The van der Waals surface area contributed by atoms with Gasteiger partial charge in [0.25, 0.3) is 0 Å². The van der Waals surface area contributed by atoms with E-state index in [0.29, 0.717) is 5.92 Å². The van der Waals surface area contributed by atoms with E-state index >= 15 is 0 Å². The molecule has 1 fully saturated rings. The van der Waals surface area contributed by atoms with E-state index in [0.717, 1.165) is 0 Å². The van der Waals surface area contributed by atoms with Gasteiger partial charge < -0.3 is 9.47 Å². The number of esters is 2. The summed E-state index contributed by atoms with van der Waals surface area (Å²) in [5, 5.41) is 0. The van der Waals surface area contributed by atoms with Gasteiger partial charge in [0, 0.05) is 12.3 Å². The second kappa shape index (κ2) is 5.62. The minimum Gasteiger partial charge on any atom is -0.468 e. The van der Waals surface area contributed by atoms with Gasteiger partial charge in [0.15, 0.2) is 5.41 Å². The Balaban J connectivity index is 2.41. The molecule has 0 aromatic carbocycles. The van der Waals surface area contributed by atoms with Crippen LogP contribution in [0, 0.1) is 29.1 Å². The molecule has 0 saturated heterocycles. The van der Waals surface area contributed by atoms with Gasteiger partial charge in [-0.2, -0.15) is 0 Å².